The number of fused-ring (bicyclic) bond motifs is 1. The van der Waals surface area contributed by atoms with Crippen molar-refractivity contribution in [1.82, 2.24) is 15.0 Å². The molecule has 5 aromatic carbocycles. The van der Waals surface area contributed by atoms with Crippen molar-refractivity contribution >= 4 is 30.0 Å². The summed E-state index contributed by atoms with van der Waals surface area (Å²) in [5, 5.41) is 10.7. The molecule has 0 saturated heterocycles. The van der Waals surface area contributed by atoms with Gasteiger partial charge >= 0.3 is 0 Å². The summed E-state index contributed by atoms with van der Waals surface area (Å²) < 4.78 is 5.94. The number of phenolic OH excluding ortho intramolecular Hbond substituents is 1. The molecule has 0 aliphatic rings. The maximum atomic E-state index is 10.7. The van der Waals surface area contributed by atoms with Crippen molar-refractivity contribution in [1.29, 1.82) is 0 Å². The molecule has 41 heavy (non-hydrogen) atoms. The molecule has 0 fully saturated rings. The third-order valence-electron chi connectivity index (χ3n) is 6.84. The third kappa shape index (κ3) is 5.29. The Balaban J connectivity index is 0.00000302. The van der Waals surface area contributed by atoms with Crippen LogP contribution in [0.4, 0.5) is 0 Å². The number of hydrogen-bond acceptors (Lipinski definition) is 5. The zero-order valence-electron chi connectivity index (χ0n) is 22.4. The summed E-state index contributed by atoms with van der Waals surface area (Å²) in [7, 11) is 0. The van der Waals surface area contributed by atoms with Crippen molar-refractivity contribution in [3.63, 3.8) is 0 Å². The second-order valence-electron chi connectivity index (χ2n) is 9.49. The largest absolute Gasteiger partial charge is 0.507 e. The van der Waals surface area contributed by atoms with Gasteiger partial charge in [0.15, 0.2) is 11.4 Å². The Morgan fingerprint density at radius 3 is 1.76 bits per heavy atom. The quantitative estimate of drug-likeness (QED) is 0.229. The molecule has 0 unspecified atom stereocenters. The Morgan fingerprint density at radius 2 is 1.07 bits per heavy atom. The number of hydrogen-bond donors (Lipinski definition) is 1. The normalized spacial score (nSPS) is 10.8. The zero-order chi connectivity index (χ0) is 26.9. The van der Waals surface area contributed by atoms with E-state index in [-0.39, 0.29) is 24.6 Å². The van der Waals surface area contributed by atoms with Gasteiger partial charge in [0.1, 0.15) is 11.3 Å². The topological polar surface area (TPSA) is 72.0 Å². The van der Waals surface area contributed by atoms with E-state index in [9.17, 15) is 5.11 Å². The minimum atomic E-state index is 0. The molecule has 0 atom stereocenters. The van der Waals surface area contributed by atoms with Crippen LogP contribution in [0.1, 0.15) is 0 Å². The molecule has 7 aromatic rings. The number of aromatic nitrogens is 3. The average molecular weight is 525 g/mol. The Kier molecular flexibility index (Phi) is 7.22. The molecule has 0 aliphatic heterocycles. The van der Waals surface area contributed by atoms with Gasteiger partial charge in [0, 0.05) is 35.6 Å². The van der Waals surface area contributed by atoms with Crippen molar-refractivity contribution < 1.29 is 9.52 Å². The molecule has 2 heterocycles. The van der Waals surface area contributed by atoms with E-state index < -0.39 is 0 Å². The number of oxazole rings is 1. The van der Waals surface area contributed by atoms with Crippen LogP contribution < -0.4 is 0 Å². The van der Waals surface area contributed by atoms with Gasteiger partial charge in [-0.1, -0.05) is 97.1 Å². The maximum Gasteiger partial charge on any atom is 0.231 e. The molecule has 0 saturated carbocycles. The van der Waals surface area contributed by atoms with Crippen LogP contribution in [0.25, 0.3) is 67.6 Å². The van der Waals surface area contributed by atoms with E-state index in [4.69, 9.17) is 14.4 Å². The first-order valence-electron chi connectivity index (χ1n) is 13.0. The van der Waals surface area contributed by atoms with E-state index in [1.807, 2.05) is 97.1 Å². The molecule has 1 radical (unpaired) electrons. The first-order valence-corrected chi connectivity index (χ1v) is 13.0. The first kappa shape index (κ1) is 26.3. The molecule has 6 heteroatoms. The smallest absolute Gasteiger partial charge is 0.231 e. The Labute approximate surface area is 249 Å². The molecule has 0 aliphatic carbocycles. The van der Waals surface area contributed by atoms with Gasteiger partial charge in [-0.05, 0) is 47.5 Å². The van der Waals surface area contributed by atoms with Crippen LogP contribution in [0.3, 0.4) is 0 Å². The molecule has 2 aromatic heterocycles. The second-order valence-corrected chi connectivity index (χ2v) is 9.49. The predicted molar refractivity (Wildman–Crippen MR) is 164 cm³/mol. The van der Waals surface area contributed by atoms with Crippen molar-refractivity contribution in [3.8, 4) is 62.2 Å². The Hall–Kier alpha value is -4.95. The van der Waals surface area contributed by atoms with E-state index in [1.165, 1.54) is 0 Å². The number of nitrogens with zero attached hydrogens (tertiary/aromatic N) is 3. The monoisotopic (exact) mass is 524 g/mol. The van der Waals surface area contributed by atoms with Crippen LogP contribution in [0.15, 0.2) is 138 Å². The number of benzene rings is 5. The summed E-state index contributed by atoms with van der Waals surface area (Å²) in [6, 6.07) is 43.5. The maximum absolute atomic E-state index is 10.7. The fourth-order valence-corrected chi connectivity index (χ4v) is 4.80. The number of phenols is 1. The van der Waals surface area contributed by atoms with Crippen LogP contribution in [-0.2, 0) is 0 Å². The summed E-state index contributed by atoms with van der Waals surface area (Å²) in [5.41, 5.74) is 8.50. The molecule has 191 valence electrons. The molecule has 0 spiro atoms. The standard InChI is InChI=1S/C35H23N3O2.Li/c39-32-19-18-26(21-28(32)35-38-29-16-7-8-17-33(29)40-35)25-14-9-15-27(20-25)34-36-30(23-10-3-1-4-11-23)22-31(37-34)24-12-5-2-6-13-24;/h1-22,39H;. The van der Waals surface area contributed by atoms with Crippen molar-refractivity contribution in [3.05, 3.63) is 133 Å². The minimum absolute atomic E-state index is 0. The van der Waals surface area contributed by atoms with Gasteiger partial charge in [0.25, 0.3) is 0 Å². The van der Waals surface area contributed by atoms with Crippen LogP contribution in [0.5, 0.6) is 5.75 Å². The van der Waals surface area contributed by atoms with E-state index in [1.54, 1.807) is 6.07 Å². The Morgan fingerprint density at radius 1 is 0.488 bits per heavy atom. The van der Waals surface area contributed by atoms with Crippen molar-refractivity contribution in [2.45, 2.75) is 0 Å². The van der Waals surface area contributed by atoms with Gasteiger partial charge in [-0.3, -0.25) is 0 Å². The van der Waals surface area contributed by atoms with Crippen molar-refractivity contribution in [2.24, 2.45) is 0 Å². The van der Waals surface area contributed by atoms with E-state index in [2.05, 4.69) is 35.3 Å². The summed E-state index contributed by atoms with van der Waals surface area (Å²) in [6.07, 6.45) is 0. The number of para-hydroxylation sites is 2. The van der Waals surface area contributed by atoms with Gasteiger partial charge < -0.3 is 9.52 Å². The molecule has 7 rings (SSSR count). The third-order valence-corrected chi connectivity index (χ3v) is 6.84. The number of rotatable bonds is 5. The second kappa shape index (κ2) is 11.3. The van der Waals surface area contributed by atoms with Crippen LogP contribution in [-0.4, -0.2) is 38.9 Å². The molecule has 5 nitrogen and oxygen atoms in total. The molecule has 0 amide bonds. The van der Waals surface area contributed by atoms with Gasteiger partial charge in [-0.2, -0.15) is 0 Å². The van der Waals surface area contributed by atoms with Crippen molar-refractivity contribution in [2.75, 3.05) is 0 Å². The molecule has 1 N–H and O–H groups in total. The summed E-state index contributed by atoms with van der Waals surface area (Å²) in [6.45, 7) is 0. The molecular weight excluding hydrogens is 501 g/mol. The average Bonchev–Trinajstić information content (AvgIpc) is 3.46. The summed E-state index contributed by atoms with van der Waals surface area (Å²) >= 11 is 0. The minimum Gasteiger partial charge on any atom is -0.507 e. The van der Waals surface area contributed by atoms with Gasteiger partial charge in [-0.15, -0.1) is 0 Å². The number of aromatic hydroxyl groups is 1. The van der Waals surface area contributed by atoms with Crippen LogP contribution >= 0.6 is 0 Å². The molecule has 0 bridgehead atoms. The fourth-order valence-electron chi connectivity index (χ4n) is 4.80. The van der Waals surface area contributed by atoms with Crippen LogP contribution in [0, 0.1) is 0 Å². The molecular formula is C35H23LiN3O2. The van der Waals surface area contributed by atoms with E-state index in [0.29, 0.717) is 22.9 Å². The SMILES string of the molecule is Oc1ccc(-c2cccc(-c3nc(-c4ccccc4)cc(-c4ccccc4)n3)c2)cc1-c1nc2ccccc2o1.[Li]. The predicted octanol–water partition coefficient (Wildman–Crippen LogP) is 8.28. The van der Waals surface area contributed by atoms with E-state index >= 15 is 0 Å². The van der Waals surface area contributed by atoms with Gasteiger partial charge in [0.2, 0.25) is 5.89 Å². The van der Waals surface area contributed by atoms with Crippen LogP contribution in [0.2, 0.25) is 0 Å². The Bertz CT molecular complexity index is 1880. The zero-order valence-corrected chi connectivity index (χ0v) is 22.4. The van der Waals surface area contributed by atoms with Gasteiger partial charge in [-0.25, -0.2) is 15.0 Å². The fraction of sp³-hybridized carbons (Fsp3) is 0. The first-order chi connectivity index (χ1) is 19.7. The van der Waals surface area contributed by atoms with E-state index in [0.717, 1.165) is 44.7 Å². The summed E-state index contributed by atoms with van der Waals surface area (Å²) in [4.78, 5) is 14.5. The summed E-state index contributed by atoms with van der Waals surface area (Å²) in [5.74, 6) is 1.13. The van der Waals surface area contributed by atoms with Gasteiger partial charge in [0.05, 0.1) is 17.0 Å².